The van der Waals surface area contributed by atoms with Gasteiger partial charge in [0.1, 0.15) is 0 Å². The number of carbonyl (C=O) groups is 1. The van der Waals surface area contributed by atoms with Crippen molar-refractivity contribution in [2.24, 2.45) is 5.92 Å². The van der Waals surface area contributed by atoms with Gasteiger partial charge in [0.05, 0.1) is 17.8 Å². The van der Waals surface area contributed by atoms with Crippen LogP contribution in [-0.4, -0.2) is 26.9 Å². The normalized spacial score (nSPS) is 22.5. The summed E-state index contributed by atoms with van der Waals surface area (Å²) in [5, 5.41) is 17.0. The number of hydrogen-bond donors (Lipinski definition) is 2. The van der Waals surface area contributed by atoms with Gasteiger partial charge in [0.2, 0.25) is 5.91 Å². The molecule has 1 unspecified atom stereocenters. The van der Waals surface area contributed by atoms with E-state index in [1.165, 1.54) is 0 Å². The van der Waals surface area contributed by atoms with Gasteiger partial charge in [-0.3, -0.25) is 4.79 Å². The summed E-state index contributed by atoms with van der Waals surface area (Å²) < 4.78 is 1.81. The Morgan fingerprint density at radius 2 is 2.00 bits per heavy atom. The van der Waals surface area contributed by atoms with E-state index < -0.39 is 0 Å². The van der Waals surface area contributed by atoms with Gasteiger partial charge in [-0.25, -0.2) is 4.68 Å². The molecule has 2 aromatic rings. The van der Waals surface area contributed by atoms with Crippen LogP contribution in [0, 0.1) is 5.92 Å². The van der Waals surface area contributed by atoms with E-state index in [2.05, 4.69) is 10.4 Å². The summed E-state index contributed by atoms with van der Waals surface area (Å²) in [5.74, 6) is 0.0948. The number of benzene rings is 1. The first-order chi connectivity index (χ1) is 11.1. The van der Waals surface area contributed by atoms with E-state index in [9.17, 15) is 9.90 Å². The zero-order valence-corrected chi connectivity index (χ0v) is 13.4. The van der Waals surface area contributed by atoms with Gasteiger partial charge in [-0.2, -0.15) is 5.10 Å². The summed E-state index contributed by atoms with van der Waals surface area (Å²) in [7, 11) is 0. The van der Waals surface area contributed by atoms with Crippen LogP contribution in [0.5, 0.6) is 0 Å². The molecule has 1 aliphatic rings. The number of aromatic nitrogens is 2. The second kappa shape index (κ2) is 6.96. The smallest absolute Gasteiger partial charge is 0.223 e. The molecule has 1 fully saturated rings. The highest BCUT2D eigenvalue weighted by Gasteiger charge is 2.26. The lowest BCUT2D eigenvalue weighted by atomic mass is 9.86. The molecule has 0 saturated heterocycles. The number of para-hydroxylation sites is 1. The van der Waals surface area contributed by atoms with Crippen molar-refractivity contribution in [3.8, 4) is 5.69 Å². The van der Waals surface area contributed by atoms with Gasteiger partial charge in [0, 0.05) is 18.3 Å². The number of amides is 1. The second-order valence-corrected chi connectivity index (χ2v) is 6.25. The number of aliphatic hydroxyl groups excluding tert-OH is 1. The second-order valence-electron chi connectivity index (χ2n) is 6.25. The molecule has 2 N–H and O–H groups in total. The van der Waals surface area contributed by atoms with Crippen LogP contribution in [0.25, 0.3) is 5.69 Å². The molecule has 0 radical (unpaired) electrons. The SMILES string of the molecule is CC(NC(=O)C1CCC(O)CC1)c1ccccc1-n1cccn1. The molecule has 5 nitrogen and oxygen atoms in total. The van der Waals surface area contributed by atoms with Gasteiger partial charge >= 0.3 is 0 Å². The number of rotatable bonds is 4. The van der Waals surface area contributed by atoms with E-state index in [4.69, 9.17) is 0 Å². The predicted octanol–water partition coefficient (Wildman–Crippen LogP) is 2.60. The minimum absolute atomic E-state index is 0.0118. The molecule has 0 bridgehead atoms. The Labute approximate surface area is 136 Å². The first-order valence-electron chi connectivity index (χ1n) is 8.22. The monoisotopic (exact) mass is 313 g/mol. The molecular formula is C18H23N3O2. The lowest BCUT2D eigenvalue weighted by Gasteiger charge is -2.26. The Balaban J connectivity index is 1.71. The summed E-state index contributed by atoms with van der Waals surface area (Å²) >= 11 is 0. The van der Waals surface area contributed by atoms with Crippen molar-refractivity contribution in [1.29, 1.82) is 0 Å². The Hall–Kier alpha value is -2.14. The molecule has 3 rings (SSSR count). The van der Waals surface area contributed by atoms with Crippen LogP contribution in [0.4, 0.5) is 0 Å². The van der Waals surface area contributed by atoms with E-state index in [0.29, 0.717) is 0 Å². The van der Waals surface area contributed by atoms with Crippen molar-refractivity contribution in [1.82, 2.24) is 15.1 Å². The molecule has 1 atom stereocenters. The fraction of sp³-hybridized carbons (Fsp3) is 0.444. The summed E-state index contributed by atoms with van der Waals surface area (Å²) in [4.78, 5) is 12.5. The van der Waals surface area contributed by atoms with Gasteiger partial charge in [-0.05, 0) is 50.3 Å². The first-order valence-corrected chi connectivity index (χ1v) is 8.22. The van der Waals surface area contributed by atoms with Crippen LogP contribution in [0.1, 0.15) is 44.2 Å². The van der Waals surface area contributed by atoms with Crippen molar-refractivity contribution >= 4 is 5.91 Å². The maximum absolute atomic E-state index is 12.5. The molecule has 1 saturated carbocycles. The predicted molar refractivity (Wildman–Crippen MR) is 88.1 cm³/mol. The Morgan fingerprint density at radius 3 is 2.70 bits per heavy atom. The number of carbonyl (C=O) groups excluding carboxylic acids is 1. The summed E-state index contributed by atoms with van der Waals surface area (Å²) in [6.45, 7) is 2.00. The van der Waals surface area contributed by atoms with Crippen LogP contribution >= 0.6 is 0 Å². The maximum atomic E-state index is 12.5. The highest BCUT2D eigenvalue weighted by Crippen LogP contribution is 2.26. The van der Waals surface area contributed by atoms with E-state index >= 15 is 0 Å². The van der Waals surface area contributed by atoms with Crippen molar-refractivity contribution in [3.05, 3.63) is 48.3 Å². The highest BCUT2D eigenvalue weighted by atomic mass is 16.3. The van der Waals surface area contributed by atoms with Crippen LogP contribution in [0.2, 0.25) is 0 Å². The fourth-order valence-electron chi connectivity index (χ4n) is 3.22. The largest absolute Gasteiger partial charge is 0.393 e. The molecule has 0 spiro atoms. The molecule has 1 aromatic carbocycles. The standard InChI is InChI=1S/C18H23N3O2/c1-13(20-18(23)14-7-9-15(22)10-8-14)16-5-2-3-6-17(16)21-12-4-11-19-21/h2-6,11-15,22H,7-10H2,1H3,(H,20,23). The van der Waals surface area contributed by atoms with E-state index in [0.717, 1.165) is 36.9 Å². The number of hydrogen-bond acceptors (Lipinski definition) is 3. The third kappa shape index (κ3) is 3.62. The topological polar surface area (TPSA) is 67.2 Å². The van der Waals surface area contributed by atoms with E-state index in [-0.39, 0.29) is 24.0 Å². The molecule has 122 valence electrons. The van der Waals surface area contributed by atoms with Crippen molar-refractivity contribution < 1.29 is 9.90 Å². The molecule has 0 aliphatic heterocycles. The fourth-order valence-corrected chi connectivity index (χ4v) is 3.22. The third-order valence-corrected chi connectivity index (χ3v) is 4.58. The lowest BCUT2D eigenvalue weighted by Crippen LogP contribution is -2.35. The summed E-state index contributed by atoms with van der Waals surface area (Å²) in [6.07, 6.45) is 6.37. The van der Waals surface area contributed by atoms with E-state index in [1.54, 1.807) is 6.20 Å². The Morgan fingerprint density at radius 1 is 1.26 bits per heavy atom. The van der Waals surface area contributed by atoms with Gasteiger partial charge in [0.25, 0.3) is 0 Å². The number of nitrogens with zero attached hydrogens (tertiary/aromatic N) is 2. The molecule has 1 aromatic heterocycles. The summed E-state index contributed by atoms with van der Waals surface area (Å²) in [5.41, 5.74) is 2.02. The van der Waals surface area contributed by atoms with E-state index in [1.807, 2.05) is 48.1 Å². The van der Waals surface area contributed by atoms with Crippen LogP contribution in [-0.2, 0) is 4.79 Å². The molecular weight excluding hydrogens is 290 g/mol. The molecule has 1 heterocycles. The average Bonchev–Trinajstić information content (AvgIpc) is 3.09. The zero-order valence-electron chi connectivity index (χ0n) is 13.4. The molecule has 1 amide bonds. The lowest BCUT2D eigenvalue weighted by molar-refractivity contribution is -0.127. The minimum Gasteiger partial charge on any atom is -0.393 e. The Bertz CT molecular complexity index is 646. The van der Waals surface area contributed by atoms with Crippen molar-refractivity contribution in [2.75, 3.05) is 0 Å². The van der Waals surface area contributed by atoms with Crippen LogP contribution < -0.4 is 5.32 Å². The maximum Gasteiger partial charge on any atom is 0.223 e. The highest BCUT2D eigenvalue weighted by molar-refractivity contribution is 5.79. The number of nitrogens with one attached hydrogen (secondary N) is 1. The van der Waals surface area contributed by atoms with Gasteiger partial charge in [-0.15, -0.1) is 0 Å². The first kappa shape index (κ1) is 15.7. The Kier molecular flexibility index (Phi) is 4.76. The van der Waals surface area contributed by atoms with Gasteiger partial charge in [-0.1, -0.05) is 18.2 Å². The molecule has 1 aliphatic carbocycles. The van der Waals surface area contributed by atoms with Gasteiger partial charge < -0.3 is 10.4 Å². The average molecular weight is 313 g/mol. The van der Waals surface area contributed by atoms with Gasteiger partial charge in [0.15, 0.2) is 0 Å². The molecule has 23 heavy (non-hydrogen) atoms. The third-order valence-electron chi connectivity index (χ3n) is 4.58. The van der Waals surface area contributed by atoms with Crippen LogP contribution in [0.3, 0.4) is 0 Å². The molecule has 5 heteroatoms. The summed E-state index contributed by atoms with van der Waals surface area (Å²) in [6, 6.07) is 9.76. The van der Waals surface area contributed by atoms with Crippen molar-refractivity contribution in [2.45, 2.75) is 44.8 Å². The minimum atomic E-state index is -0.239. The quantitative estimate of drug-likeness (QED) is 0.912. The van der Waals surface area contributed by atoms with Crippen LogP contribution in [0.15, 0.2) is 42.7 Å². The zero-order chi connectivity index (χ0) is 16.2. The van der Waals surface area contributed by atoms with Crippen molar-refractivity contribution in [3.63, 3.8) is 0 Å². The number of aliphatic hydroxyl groups is 1.